The van der Waals surface area contributed by atoms with Crippen molar-refractivity contribution in [1.29, 1.82) is 0 Å². The first-order chi connectivity index (χ1) is 40.5. The number of esters is 3. The van der Waals surface area contributed by atoms with Gasteiger partial charge in [0.2, 0.25) is 0 Å². The average Bonchev–Trinajstić information content (AvgIpc) is 3.48. The zero-order valence-corrected chi connectivity index (χ0v) is 54.5. The van der Waals surface area contributed by atoms with Gasteiger partial charge in [-0.05, 0) is 83.5 Å². The number of ether oxygens (including phenoxy) is 3. The van der Waals surface area contributed by atoms with Gasteiger partial charge >= 0.3 is 17.9 Å². The molecule has 0 aliphatic rings. The Labute approximate surface area is 509 Å². The first-order valence-electron chi connectivity index (χ1n) is 35.6. The van der Waals surface area contributed by atoms with Crippen LogP contribution < -0.4 is 0 Å². The molecule has 0 heterocycles. The molecule has 0 saturated heterocycles. The number of unbranched alkanes of at least 4 members (excludes halogenated alkanes) is 40. The molecule has 0 amide bonds. The summed E-state index contributed by atoms with van der Waals surface area (Å²) >= 11 is 0. The van der Waals surface area contributed by atoms with E-state index in [-0.39, 0.29) is 37.5 Å². The second kappa shape index (κ2) is 70.1. The Morgan fingerprint density at radius 2 is 0.500 bits per heavy atom. The molecule has 0 bridgehead atoms. The maximum atomic E-state index is 12.9. The van der Waals surface area contributed by atoms with Crippen molar-refractivity contribution >= 4 is 17.9 Å². The summed E-state index contributed by atoms with van der Waals surface area (Å²) in [6.45, 7) is 6.50. The van der Waals surface area contributed by atoms with Crippen molar-refractivity contribution in [3.8, 4) is 0 Å². The Morgan fingerprint density at radius 1 is 0.256 bits per heavy atom. The first kappa shape index (κ1) is 78.6. The van der Waals surface area contributed by atoms with E-state index >= 15 is 0 Å². The summed E-state index contributed by atoms with van der Waals surface area (Å²) in [6.07, 6.45) is 93.5. The van der Waals surface area contributed by atoms with E-state index in [1.165, 1.54) is 238 Å². The predicted octanol–water partition coefficient (Wildman–Crippen LogP) is 24.6. The average molecular weight is 1140 g/mol. The van der Waals surface area contributed by atoms with E-state index in [4.69, 9.17) is 14.2 Å². The standard InChI is InChI=1S/C76H134O6/c1-4-7-10-13-16-19-22-25-27-29-31-33-35-36-37-38-39-40-41-43-44-46-48-51-54-57-60-63-66-69-75(78)81-72-73(71-80-74(77)68-65-62-59-56-53-50-24-21-18-15-12-9-6-3)82-76(79)70-67-64-61-58-55-52-49-47-45-42-34-32-30-28-26-23-20-17-14-11-8-5-2/h9,12,18,21-22,25,29,31,35-36,50,53,59,62,73H,4-8,10-11,13-17,19-20,23-24,26-28,30,32-34,37-49,51-52,54-58,60-61,63-72H2,1-3H3/b12-9-,21-18-,25-22-,31-29-,36-35-,53-50-,62-59-. The summed E-state index contributed by atoms with van der Waals surface area (Å²) in [4.78, 5) is 38.4. The van der Waals surface area contributed by atoms with Crippen LogP contribution >= 0.6 is 0 Å². The van der Waals surface area contributed by atoms with E-state index < -0.39 is 6.10 Å². The minimum Gasteiger partial charge on any atom is -0.462 e. The maximum absolute atomic E-state index is 12.9. The molecular formula is C76H134O6. The number of carbonyl (C=O) groups is 3. The molecule has 474 valence electrons. The van der Waals surface area contributed by atoms with Crippen LogP contribution in [0.4, 0.5) is 0 Å². The highest BCUT2D eigenvalue weighted by Crippen LogP contribution is 2.18. The zero-order chi connectivity index (χ0) is 59.2. The topological polar surface area (TPSA) is 78.9 Å². The second-order valence-electron chi connectivity index (χ2n) is 23.8. The van der Waals surface area contributed by atoms with Crippen molar-refractivity contribution < 1.29 is 28.6 Å². The lowest BCUT2D eigenvalue weighted by molar-refractivity contribution is -0.166. The largest absolute Gasteiger partial charge is 0.462 e. The number of hydrogen-bond donors (Lipinski definition) is 0. The molecule has 82 heavy (non-hydrogen) atoms. The van der Waals surface area contributed by atoms with Gasteiger partial charge < -0.3 is 14.2 Å². The lowest BCUT2D eigenvalue weighted by atomic mass is 10.0. The van der Waals surface area contributed by atoms with Crippen LogP contribution in [0.25, 0.3) is 0 Å². The van der Waals surface area contributed by atoms with E-state index in [2.05, 4.69) is 99.8 Å². The van der Waals surface area contributed by atoms with Gasteiger partial charge in [-0.1, -0.05) is 343 Å². The van der Waals surface area contributed by atoms with Gasteiger partial charge in [-0.2, -0.15) is 0 Å². The minimum atomic E-state index is -0.805. The fourth-order valence-electron chi connectivity index (χ4n) is 10.4. The summed E-state index contributed by atoms with van der Waals surface area (Å²) in [6, 6.07) is 0. The molecule has 0 aromatic heterocycles. The second-order valence-corrected chi connectivity index (χ2v) is 23.8. The molecule has 1 atom stereocenters. The van der Waals surface area contributed by atoms with Crippen molar-refractivity contribution in [3.05, 3.63) is 85.1 Å². The van der Waals surface area contributed by atoms with E-state index in [1.807, 2.05) is 6.08 Å². The van der Waals surface area contributed by atoms with Gasteiger partial charge in [-0.3, -0.25) is 14.4 Å². The fourth-order valence-corrected chi connectivity index (χ4v) is 10.4. The lowest BCUT2D eigenvalue weighted by Crippen LogP contribution is -2.30. The molecule has 0 aromatic rings. The van der Waals surface area contributed by atoms with Crippen molar-refractivity contribution in [1.82, 2.24) is 0 Å². The van der Waals surface area contributed by atoms with E-state index in [0.717, 1.165) is 77.0 Å². The van der Waals surface area contributed by atoms with Crippen LogP contribution in [0, 0.1) is 0 Å². The quantitative estimate of drug-likeness (QED) is 0.0261. The van der Waals surface area contributed by atoms with E-state index in [0.29, 0.717) is 19.3 Å². The summed E-state index contributed by atoms with van der Waals surface area (Å²) in [5, 5.41) is 0. The normalized spacial score (nSPS) is 12.6. The number of rotatable bonds is 65. The molecule has 1 unspecified atom stereocenters. The van der Waals surface area contributed by atoms with Gasteiger partial charge in [0.25, 0.3) is 0 Å². The third-order valence-corrected chi connectivity index (χ3v) is 15.6. The third kappa shape index (κ3) is 67.4. The number of carbonyl (C=O) groups excluding carboxylic acids is 3. The summed E-state index contributed by atoms with van der Waals surface area (Å²) in [5.74, 6) is -0.962. The Bertz CT molecular complexity index is 1550. The summed E-state index contributed by atoms with van der Waals surface area (Å²) in [5.41, 5.74) is 0. The Hall–Kier alpha value is -3.41. The monoisotopic (exact) mass is 1140 g/mol. The molecule has 6 heteroatoms. The smallest absolute Gasteiger partial charge is 0.306 e. The lowest BCUT2D eigenvalue weighted by Gasteiger charge is -2.18. The van der Waals surface area contributed by atoms with Crippen molar-refractivity contribution in [2.45, 2.75) is 367 Å². The molecule has 0 aliphatic carbocycles. The Balaban J connectivity index is 4.26. The van der Waals surface area contributed by atoms with Gasteiger partial charge in [-0.25, -0.2) is 0 Å². The summed E-state index contributed by atoms with van der Waals surface area (Å²) in [7, 11) is 0. The van der Waals surface area contributed by atoms with Crippen molar-refractivity contribution in [2.24, 2.45) is 0 Å². The Morgan fingerprint density at radius 3 is 0.817 bits per heavy atom. The van der Waals surface area contributed by atoms with Crippen LogP contribution in [0.2, 0.25) is 0 Å². The van der Waals surface area contributed by atoms with Gasteiger partial charge in [0, 0.05) is 19.3 Å². The molecule has 6 nitrogen and oxygen atoms in total. The van der Waals surface area contributed by atoms with E-state index in [9.17, 15) is 14.4 Å². The van der Waals surface area contributed by atoms with Gasteiger partial charge in [-0.15, -0.1) is 0 Å². The molecule has 0 radical (unpaired) electrons. The molecule has 0 N–H and O–H groups in total. The van der Waals surface area contributed by atoms with Crippen LogP contribution in [0.5, 0.6) is 0 Å². The SMILES string of the molecule is CC/C=C\C/C=C\C/C=C\C/C=C\CCC(=O)OCC(COC(=O)CCCCCCCCCCCCCCCC/C=C\C/C=C\C/C=C\CCCCCCC)OC(=O)CCCCCCCCCCCCCCCCCCCCCCCC. The summed E-state index contributed by atoms with van der Waals surface area (Å²) < 4.78 is 16.9. The minimum absolute atomic E-state index is 0.0953. The maximum Gasteiger partial charge on any atom is 0.306 e. The fraction of sp³-hybridized carbons (Fsp3) is 0.776. The van der Waals surface area contributed by atoms with Crippen LogP contribution in [-0.2, 0) is 28.6 Å². The highest BCUT2D eigenvalue weighted by molar-refractivity contribution is 5.71. The molecule has 0 aromatic carbocycles. The van der Waals surface area contributed by atoms with Gasteiger partial charge in [0.05, 0.1) is 0 Å². The molecule has 0 aliphatic heterocycles. The highest BCUT2D eigenvalue weighted by atomic mass is 16.6. The van der Waals surface area contributed by atoms with Crippen LogP contribution in [0.1, 0.15) is 361 Å². The van der Waals surface area contributed by atoms with Crippen LogP contribution in [0.15, 0.2) is 85.1 Å². The zero-order valence-electron chi connectivity index (χ0n) is 54.5. The molecule has 0 rings (SSSR count). The van der Waals surface area contributed by atoms with Gasteiger partial charge in [0.15, 0.2) is 6.10 Å². The number of allylic oxidation sites excluding steroid dienone is 14. The van der Waals surface area contributed by atoms with Crippen LogP contribution in [-0.4, -0.2) is 37.2 Å². The predicted molar refractivity (Wildman–Crippen MR) is 358 cm³/mol. The molecular weight excluding hydrogens is 1010 g/mol. The first-order valence-corrected chi connectivity index (χ1v) is 35.6. The highest BCUT2D eigenvalue weighted by Gasteiger charge is 2.19. The van der Waals surface area contributed by atoms with Crippen molar-refractivity contribution in [2.75, 3.05) is 13.2 Å². The number of hydrogen-bond acceptors (Lipinski definition) is 6. The molecule has 0 fully saturated rings. The van der Waals surface area contributed by atoms with E-state index in [1.54, 1.807) is 0 Å². The van der Waals surface area contributed by atoms with Gasteiger partial charge in [0.1, 0.15) is 13.2 Å². The Kier molecular flexibility index (Phi) is 67.2. The van der Waals surface area contributed by atoms with Crippen LogP contribution in [0.3, 0.4) is 0 Å². The molecule has 0 saturated carbocycles. The third-order valence-electron chi connectivity index (χ3n) is 15.6. The van der Waals surface area contributed by atoms with Crippen molar-refractivity contribution in [3.63, 3.8) is 0 Å². The molecule has 0 spiro atoms.